The van der Waals surface area contributed by atoms with Gasteiger partial charge in [-0.05, 0) is 62.4 Å². The normalized spacial score (nSPS) is 14.8. The molecule has 1 aromatic rings. The second kappa shape index (κ2) is 6.24. The molecule has 0 aromatic heterocycles. The third-order valence-corrected chi connectivity index (χ3v) is 3.73. The molecule has 0 atom stereocenters. The summed E-state index contributed by atoms with van der Waals surface area (Å²) < 4.78 is 0. The van der Waals surface area contributed by atoms with Crippen LogP contribution in [-0.2, 0) is 6.54 Å². The van der Waals surface area contributed by atoms with Gasteiger partial charge in [-0.15, -0.1) is 0 Å². The molecule has 0 spiro atoms. The maximum atomic E-state index is 3.23. The second-order valence-corrected chi connectivity index (χ2v) is 5.53. The van der Waals surface area contributed by atoms with Crippen LogP contribution in [0.1, 0.15) is 37.3 Å². The lowest BCUT2D eigenvalue weighted by atomic mass is 10.1. The second-order valence-electron chi connectivity index (χ2n) is 5.53. The predicted octanol–water partition coefficient (Wildman–Crippen LogP) is 3.34. The van der Waals surface area contributed by atoms with Crippen molar-refractivity contribution in [3.63, 3.8) is 0 Å². The van der Waals surface area contributed by atoms with E-state index in [1.165, 1.54) is 49.2 Å². The van der Waals surface area contributed by atoms with E-state index in [0.717, 1.165) is 12.5 Å². The van der Waals surface area contributed by atoms with Crippen LogP contribution in [0, 0.1) is 12.8 Å². The summed E-state index contributed by atoms with van der Waals surface area (Å²) in [4.78, 5) is 2.56. The van der Waals surface area contributed by atoms with Crippen molar-refractivity contribution in [1.82, 2.24) is 5.32 Å². The summed E-state index contributed by atoms with van der Waals surface area (Å²) in [6.45, 7) is 7.88. The Bertz CT molecular complexity index is 383. The van der Waals surface area contributed by atoms with E-state index in [2.05, 4.69) is 42.3 Å². The molecule has 0 aliphatic heterocycles. The van der Waals surface area contributed by atoms with Gasteiger partial charge in [0, 0.05) is 25.3 Å². The average Bonchev–Trinajstić information content (AvgIpc) is 3.15. The largest absolute Gasteiger partial charge is 0.371 e. The molecule has 0 amide bonds. The van der Waals surface area contributed by atoms with Crippen LogP contribution >= 0.6 is 0 Å². The van der Waals surface area contributed by atoms with Crippen LogP contribution in [0.15, 0.2) is 18.2 Å². The van der Waals surface area contributed by atoms with Gasteiger partial charge in [-0.25, -0.2) is 0 Å². The molecule has 0 unspecified atom stereocenters. The molecule has 1 saturated carbocycles. The number of hydrogen-bond donors (Lipinski definition) is 1. The van der Waals surface area contributed by atoms with Gasteiger partial charge in [0.2, 0.25) is 0 Å². The van der Waals surface area contributed by atoms with Crippen molar-refractivity contribution in [2.45, 2.75) is 39.7 Å². The van der Waals surface area contributed by atoms with Crippen molar-refractivity contribution >= 4 is 5.69 Å². The Labute approximate surface area is 111 Å². The maximum Gasteiger partial charge on any atom is 0.0369 e. The molecule has 0 heterocycles. The van der Waals surface area contributed by atoms with Crippen LogP contribution < -0.4 is 10.2 Å². The Morgan fingerprint density at radius 3 is 2.67 bits per heavy atom. The van der Waals surface area contributed by atoms with E-state index in [1.807, 2.05) is 7.05 Å². The Balaban J connectivity index is 2.10. The van der Waals surface area contributed by atoms with Crippen LogP contribution in [0.2, 0.25) is 0 Å². The van der Waals surface area contributed by atoms with Gasteiger partial charge in [0.05, 0.1) is 0 Å². The minimum Gasteiger partial charge on any atom is -0.371 e. The molecule has 1 aromatic carbocycles. The van der Waals surface area contributed by atoms with Gasteiger partial charge in [0.15, 0.2) is 0 Å². The SMILES string of the molecule is CCCN(CC1CC1)c1ccc(CNC)c(C)c1. The van der Waals surface area contributed by atoms with E-state index >= 15 is 0 Å². The zero-order valence-electron chi connectivity index (χ0n) is 12.0. The molecule has 1 aliphatic rings. The van der Waals surface area contributed by atoms with E-state index in [0.29, 0.717) is 0 Å². The van der Waals surface area contributed by atoms with Gasteiger partial charge in [-0.3, -0.25) is 0 Å². The van der Waals surface area contributed by atoms with Crippen molar-refractivity contribution in [2.24, 2.45) is 5.92 Å². The number of anilines is 1. The van der Waals surface area contributed by atoms with Gasteiger partial charge in [0.1, 0.15) is 0 Å². The van der Waals surface area contributed by atoms with Crippen molar-refractivity contribution in [3.05, 3.63) is 29.3 Å². The number of aryl methyl sites for hydroxylation is 1. The number of benzene rings is 1. The number of nitrogens with zero attached hydrogens (tertiary/aromatic N) is 1. The molecule has 2 nitrogen and oxygen atoms in total. The fourth-order valence-electron chi connectivity index (χ4n) is 2.47. The maximum absolute atomic E-state index is 3.23. The first kappa shape index (κ1) is 13.4. The number of nitrogens with one attached hydrogen (secondary N) is 1. The first-order valence-electron chi connectivity index (χ1n) is 7.23. The molecule has 0 radical (unpaired) electrons. The van der Waals surface area contributed by atoms with Gasteiger partial charge < -0.3 is 10.2 Å². The van der Waals surface area contributed by atoms with Gasteiger partial charge in [0.25, 0.3) is 0 Å². The summed E-state index contributed by atoms with van der Waals surface area (Å²) in [5.41, 5.74) is 4.21. The average molecular weight is 246 g/mol. The summed E-state index contributed by atoms with van der Waals surface area (Å²) in [6.07, 6.45) is 4.08. The first-order chi connectivity index (χ1) is 8.74. The lowest BCUT2D eigenvalue weighted by Gasteiger charge is -2.25. The minimum absolute atomic E-state index is 0.953. The molecule has 2 heteroatoms. The summed E-state index contributed by atoms with van der Waals surface area (Å²) in [7, 11) is 2.00. The smallest absolute Gasteiger partial charge is 0.0369 e. The molecule has 0 bridgehead atoms. The third-order valence-electron chi connectivity index (χ3n) is 3.73. The summed E-state index contributed by atoms with van der Waals surface area (Å²) in [5, 5.41) is 3.23. The van der Waals surface area contributed by atoms with Gasteiger partial charge >= 0.3 is 0 Å². The monoisotopic (exact) mass is 246 g/mol. The van der Waals surface area contributed by atoms with E-state index < -0.39 is 0 Å². The Morgan fingerprint density at radius 1 is 1.33 bits per heavy atom. The first-order valence-corrected chi connectivity index (χ1v) is 7.23. The Morgan fingerprint density at radius 2 is 2.11 bits per heavy atom. The minimum atomic E-state index is 0.953. The predicted molar refractivity (Wildman–Crippen MR) is 79.2 cm³/mol. The highest BCUT2D eigenvalue weighted by molar-refractivity contribution is 5.51. The van der Waals surface area contributed by atoms with Gasteiger partial charge in [-0.1, -0.05) is 13.0 Å². The van der Waals surface area contributed by atoms with Crippen LogP contribution in [0.5, 0.6) is 0 Å². The molecule has 2 rings (SSSR count). The lowest BCUT2D eigenvalue weighted by molar-refractivity contribution is 0.707. The highest BCUT2D eigenvalue weighted by Crippen LogP contribution is 2.32. The number of hydrogen-bond acceptors (Lipinski definition) is 2. The zero-order chi connectivity index (χ0) is 13.0. The fourth-order valence-corrected chi connectivity index (χ4v) is 2.47. The third kappa shape index (κ3) is 3.49. The van der Waals surface area contributed by atoms with Crippen LogP contribution in [-0.4, -0.2) is 20.1 Å². The molecule has 18 heavy (non-hydrogen) atoms. The van der Waals surface area contributed by atoms with Gasteiger partial charge in [-0.2, -0.15) is 0 Å². The number of rotatable bonds is 7. The van der Waals surface area contributed by atoms with E-state index in [-0.39, 0.29) is 0 Å². The molecule has 1 N–H and O–H groups in total. The molecular formula is C16H26N2. The summed E-state index contributed by atoms with van der Waals surface area (Å²) in [6, 6.07) is 6.92. The molecule has 100 valence electrons. The summed E-state index contributed by atoms with van der Waals surface area (Å²) >= 11 is 0. The van der Waals surface area contributed by atoms with Crippen molar-refractivity contribution in [1.29, 1.82) is 0 Å². The van der Waals surface area contributed by atoms with Crippen molar-refractivity contribution < 1.29 is 0 Å². The lowest BCUT2D eigenvalue weighted by Crippen LogP contribution is -2.26. The standard InChI is InChI=1S/C16H26N2/c1-4-9-18(12-14-5-6-14)16-8-7-15(11-17-3)13(2)10-16/h7-8,10,14,17H,4-6,9,11-12H2,1-3H3. The van der Waals surface area contributed by atoms with Crippen molar-refractivity contribution in [3.8, 4) is 0 Å². The van der Waals surface area contributed by atoms with Crippen molar-refractivity contribution in [2.75, 3.05) is 25.0 Å². The zero-order valence-corrected chi connectivity index (χ0v) is 12.0. The van der Waals surface area contributed by atoms with E-state index in [4.69, 9.17) is 0 Å². The molecule has 0 saturated heterocycles. The molecule has 1 aliphatic carbocycles. The Kier molecular flexibility index (Phi) is 4.65. The fraction of sp³-hybridized carbons (Fsp3) is 0.625. The van der Waals surface area contributed by atoms with Crippen LogP contribution in [0.3, 0.4) is 0 Å². The van der Waals surface area contributed by atoms with E-state index in [9.17, 15) is 0 Å². The Hall–Kier alpha value is -1.02. The molecular weight excluding hydrogens is 220 g/mol. The van der Waals surface area contributed by atoms with E-state index in [1.54, 1.807) is 0 Å². The van der Waals surface area contributed by atoms with Crippen LogP contribution in [0.4, 0.5) is 5.69 Å². The topological polar surface area (TPSA) is 15.3 Å². The molecule has 1 fully saturated rings. The highest BCUT2D eigenvalue weighted by atomic mass is 15.1. The quantitative estimate of drug-likeness (QED) is 0.794. The van der Waals surface area contributed by atoms with Crippen LogP contribution in [0.25, 0.3) is 0 Å². The summed E-state index contributed by atoms with van der Waals surface area (Å²) in [5.74, 6) is 0.953. The highest BCUT2D eigenvalue weighted by Gasteiger charge is 2.24.